The molecule has 0 unspecified atom stereocenters. The van der Waals surface area contributed by atoms with Crippen molar-refractivity contribution in [3.8, 4) is 5.88 Å². The van der Waals surface area contributed by atoms with Gasteiger partial charge in [0.05, 0.1) is 12.6 Å². The molecule has 4 nitrogen and oxygen atoms in total. The van der Waals surface area contributed by atoms with E-state index < -0.39 is 8.32 Å². The summed E-state index contributed by atoms with van der Waals surface area (Å²) < 4.78 is 12.0. The third kappa shape index (κ3) is 4.12. The fourth-order valence-electron chi connectivity index (χ4n) is 1.82. The summed E-state index contributed by atoms with van der Waals surface area (Å²) in [5, 5.41) is 1.14. The molecule has 6 heteroatoms. The number of ether oxygens (including phenoxy) is 1. The predicted molar refractivity (Wildman–Crippen MR) is 99.1 cm³/mol. The van der Waals surface area contributed by atoms with E-state index >= 15 is 0 Å². The van der Waals surface area contributed by atoms with E-state index in [4.69, 9.17) is 14.2 Å². The molecule has 0 aliphatic heterocycles. The Morgan fingerprint density at radius 1 is 1.13 bits per heavy atom. The summed E-state index contributed by atoms with van der Waals surface area (Å²) >= 11 is 3.58. The number of hydrogen-bond acceptors (Lipinski definition) is 4. The largest absolute Gasteiger partial charge is 0.481 e. The first-order valence-corrected chi connectivity index (χ1v) is 11.3. The van der Waals surface area contributed by atoms with E-state index in [1.165, 1.54) is 0 Å². The quantitative estimate of drug-likeness (QED) is 0.381. The molecule has 0 bridgehead atoms. The molecule has 0 aliphatic rings. The van der Waals surface area contributed by atoms with Crippen molar-refractivity contribution in [3.63, 3.8) is 0 Å². The second-order valence-electron chi connectivity index (χ2n) is 7.06. The molecule has 2 rings (SSSR count). The number of nitrogens with zero attached hydrogens (tertiary/aromatic N) is 1. The van der Waals surface area contributed by atoms with E-state index in [-0.39, 0.29) is 5.04 Å². The second kappa shape index (κ2) is 6.89. The summed E-state index contributed by atoms with van der Waals surface area (Å²) in [5.74, 6) is 0.585. The van der Waals surface area contributed by atoms with Gasteiger partial charge in [-0.05, 0) is 30.3 Å². The van der Waals surface area contributed by atoms with Gasteiger partial charge in [-0.1, -0.05) is 42.8 Å². The number of aromatic nitrogens is 1. The van der Waals surface area contributed by atoms with Gasteiger partial charge in [-0.25, -0.2) is 9.87 Å². The zero-order valence-electron chi connectivity index (χ0n) is 14.6. The first-order chi connectivity index (χ1) is 10.7. The van der Waals surface area contributed by atoms with Crippen LogP contribution in [-0.2, 0) is 16.1 Å². The smallest absolute Gasteiger partial charge is 0.238 e. The van der Waals surface area contributed by atoms with Crippen LogP contribution in [0.1, 0.15) is 26.3 Å². The van der Waals surface area contributed by atoms with Crippen LogP contribution < -0.4 is 4.74 Å². The monoisotopic (exact) mass is 397 g/mol. The SMILES string of the molecule is COc1ccc2ccc(Br)c(COO[Si](C)(C)C(C)(C)C)c2n1. The Bertz CT molecular complexity index is 698. The molecular formula is C17H24BrNO3Si. The average Bonchev–Trinajstić information content (AvgIpc) is 2.47. The van der Waals surface area contributed by atoms with Gasteiger partial charge in [0.15, 0.2) is 0 Å². The lowest BCUT2D eigenvalue weighted by Gasteiger charge is -2.34. The van der Waals surface area contributed by atoms with Gasteiger partial charge < -0.3 is 4.74 Å². The normalized spacial score (nSPS) is 12.7. The Balaban J connectivity index is 2.24. The predicted octanol–water partition coefficient (Wildman–Crippen LogP) is 5.46. The molecule has 0 radical (unpaired) electrons. The van der Waals surface area contributed by atoms with E-state index in [9.17, 15) is 0 Å². The molecule has 2 aromatic rings. The molecule has 0 amide bonds. The number of pyridine rings is 1. The zero-order valence-corrected chi connectivity index (χ0v) is 17.2. The van der Waals surface area contributed by atoms with Crippen molar-refractivity contribution < 1.29 is 14.2 Å². The third-order valence-corrected chi connectivity index (χ3v) is 9.26. The van der Waals surface area contributed by atoms with Gasteiger partial charge in [-0.15, -0.1) is 0 Å². The van der Waals surface area contributed by atoms with E-state index in [0.717, 1.165) is 20.9 Å². The number of benzene rings is 1. The summed E-state index contributed by atoms with van der Waals surface area (Å²) in [6, 6.07) is 7.87. The highest BCUT2D eigenvalue weighted by Crippen LogP contribution is 2.37. The standard InChI is InChI=1S/C17H24BrNO3Si/c1-17(2,3)23(5,6)22-21-11-13-14(18)9-7-12-8-10-15(20-4)19-16(12)13/h7-10H,11H2,1-6H3. The fraction of sp³-hybridized carbons (Fsp3) is 0.471. The van der Waals surface area contributed by atoms with Crippen LogP contribution in [0.3, 0.4) is 0 Å². The van der Waals surface area contributed by atoms with Crippen LogP contribution in [-0.4, -0.2) is 20.4 Å². The van der Waals surface area contributed by atoms with Crippen LogP contribution in [0.2, 0.25) is 18.1 Å². The fourth-order valence-corrected chi connectivity index (χ4v) is 2.85. The first-order valence-electron chi connectivity index (χ1n) is 7.58. The average molecular weight is 398 g/mol. The highest BCUT2D eigenvalue weighted by atomic mass is 79.9. The molecule has 126 valence electrons. The Kier molecular flexibility index (Phi) is 5.50. The molecule has 0 spiro atoms. The second-order valence-corrected chi connectivity index (χ2v) is 12.6. The minimum Gasteiger partial charge on any atom is -0.481 e. The van der Waals surface area contributed by atoms with Gasteiger partial charge in [0, 0.05) is 21.5 Å². The van der Waals surface area contributed by atoms with Gasteiger partial charge in [0.1, 0.15) is 6.61 Å². The molecular weight excluding hydrogens is 374 g/mol. The molecule has 0 aliphatic carbocycles. The van der Waals surface area contributed by atoms with Gasteiger partial charge in [-0.2, -0.15) is 0 Å². The molecule has 0 N–H and O–H groups in total. The molecule has 1 aromatic carbocycles. The van der Waals surface area contributed by atoms with Crippen LogP contribution in [0, 0.1) is 0 Å². The number of hydrogen-bond donors (Lipinski definition) is 0. The van der Waals surface area contributed by atoms with Crippen LogP contribution in [0.4, 0.5) is 0 Å². The van der Waals surface area contributed by atoms with Crippen molar-refractivity contribution in [2.75, 3.05) is 7.11 Å². The van der Waals surface area contributed by atoms with Crippen LogP contribution in [0.5, 0.6) is 5.88 Å². The molecule has 0 fully saturated rings. The molecule has 0 atom stereocenters. The van der Waals surface area contributed by atoms with Gasteiger partial charge in [-0.3, -0.25) is 4.58 Å². The Morgan fingerprint density at radius 3 is 2.39 bits per heavy atom. The van der Waals surface area contributed by atoms with E-state index in [0.29, 0.717) is 12.5 Å². The van der Waals surface area contributed by atoms with Crippen molar-refractivity contribution in [3.05, 3.63) is 34.3 Å². The zero-order chi connectivity index (χ0) is 17.3. The number of rotatable bonds is 5. The number of methoxy groups -OCH3 is 1. The van der Waals surface area contributed by atoms with Crippen molar-refractivity contribution in [2.45, 2.75) is 45.5 Å². The van der Waals surface area contributed by atoms with Gasteiger partial charge in [0.2, 0.25) is 14.2 Å². The van der Waals surface area contributed by atoms with Crippen LogP contribution in [0.15, 0.2) is 28.7 Å². The number of fused-ring (bicyclic) bond motifs is 1. The summed E-state index contributed by atoms with van der Waals surface area (Å²) in [7, 11) is -0.330. The number of halogens is 1. The molecule has 23 heavy (non-hydrogen) atoms. The Hall–Kier alpha value is -0.953. The lowest BCUT2D eigenvalue weighted by atomic mass is 10.1. The van der Waals surface area contributed by atoms with Gasteiger partial charge in [0.25, 0.3) is 0 Å². The van der Waals surface area contributed by atoms with Crippen molar-refractivity contribution in [1.29, 1.82) is 0 Å². The first kappa shape index (κ1) is 18.4. The summed E-state index contributed by atoms with van der Waals surface area (Å²) in [4.78, 5) is 10.2. The molecule has 0 saturated heterocycles. The van der Waals surface area contributed by atoms with Crippen molar-refractivity contribution in [2.24, 2.45) is 0 Å². The molecule has 0 saturated carbocycles. The minimum atomic E-state index is -1.94. The molecule has 1 aromatic heterocycles. The highest BCUT2D eigenvalue weighted by Gasteiger charge is 2.39. The van der Waals surface area contributed by atoms with Gasteiger partial charge >= 0.3 is 0 Å². The Morgan fingerprint density at radius 2 is 1.78 bits per heavy atom. The third-order valence-electron chi connectivity index (χ3n) is 4.37. The maximum atomic E-state index is 5.82. The highest BCUT2D eigenvalue weighted by molar-refractivity contribution is 9.10. The topological polar surface area (TPSA) is 40.6 Å². The van der Waals surface area contributed by atoms with E-state index in [1.807, 2.05) is 24.3 Å². The van der Waals surface area contributed by atoms with Crippen LogP contribution in [0.25, 0.3) is 10.9 Å². The minimum absolute atomic E-state index is 0.102. The van der Waals surface area contributed by atoms with Crippen LogP contribution >= 0.6 is 15.9 Å². The van der Waals surface area contributed by atoms with Crippen molar-refractivity contribution in [1.82, 2.24) is 4.98 Å². The molecule has 1 heterocycles. The van der Waals surface area contributed by atoms with Crippen molar-refractivity contribution >= 4 is 35.2 Å². The lowest BCUT2D eigenvalue weighted by molar-refractivity contribution is -0.231. The summed E-state index contributed by atoms with van der Waals surface area (Å²) in [5.41, 5.74) is 1.82. The lowest BCUT2D eigenvalue weighted by Crippen LogP contribution is -2.40. The maximum absolute atomic E-state index is 5.82. The Labute approximate surface area is 147 Å². The summed E-state index contributed by atoms with van der Waals surface area (Å²) in [6.45, 7) is 11.2. The maximum Gasteiger partial charge on any atom is 0.238 e. The van der Waals surface area contributed by atoms with E-state index in [2.05, 4.69) is 54.8 Å². The summed E-state index contributed by atoms with van der Waals surface area (Å²) in [6.07, 6.45) is 0. The van der Waals surface area contributed by atoms with E-state index in [1.54, 1.807) is 7.11 Å².